The van der Waals surface area contributed by atoms with E-state index in [2.05, 4.69) is 26.8 Å². The maximum Gasteiger partial charge on any atom is 0.117 e. The fourth-order valence-corrected chi connectivity index (χ4v) is 4.07. The van der Waals surface area contributed by atoms with E-state index in [0.29, 0.717) is 0 Å². The van der Waals surface area contributed by atoms with Crippen molar-refractivity contribution < 1.29 is 4.42 Å². The van der Waals surface area contributed by atoms with Crippen LogP contribution in [0.25, 0.3) is 0 Å². The second kappa shape index (κ2) is 14.0. The lowest BCUT2D eigenvalue weighted by Crippen LogP contribution is -1.86. The van der Waals surface area contributed by atoms with Crippen molar-refractivity contribution in [1.82, 2.24) is 0 Å². The first kappa shape index (κ1) is 20.7. The third-order valence-corrected chi connectivity index (χ3v) is 5.56. The van der Waals surface area contributed by atoms with Gasteiger partial charge in [-0.05, 0) is 31.6 Å². The molecule has 1 aromatic rings. The zero-order valence-electron chi connectivity index (χ0n) is 15.8. The average molecular weight is 339 g/mol. The summed E-state index contributed by atoms with van der Waals surface area (Å²) in [5.74, 6) is 3.54. The van der Waals surface area contributed by atoms with Crippen molar-refractivity contribution in [2.45, 2.75) is 109 Å². The summed E-state index contributed by atoms with van der Waals surface area (Å²) in [7, 11) is 0. The van der Waals surface area contributed by atoms with Crippen LogP contribution in [-0.2, 0) is 6.42 Å². The smallest absolute Gasteiger partial charge is 0.117 e. The van der Waals surface area contributed by atoms with E-state index in [9.17, 15) is 0 Å². The summed E-state index contributed by atoms with van der Waals surface area (Å²) in [6, 6.07) is 2.23. The minimum Gasteiger partial charge on any atom is -0.465 e. The van der Waals surface area contributed by atoms with E-state index in [-0.39, 0.29) is 0 Å². The second-order valence-corrected chi connectivity index (χ2v) is 7.92. The zero-order chi connectivity index (χ0) is 16.8. The molecule has 0 aliphatic heterocycles. The van der Waals surface area contributed by atoms with Gasteiger partial charge in [0.25, 0.3) is 0 Å². The summed E-state index contributed by atoms with van der Waals surface area (Å²) < 4.78 is 5.85. The van der Waals surface area contributed by atoms with Gasteiger partial charge in [-0.2, -0.15) is 0 Å². The van der Waals surface area contributed by atoms with Gasteiger partial charge in [0, 0.05) is 11.3 Å². The lowest BCUT2D eigenvalue weighted by atomic mass is 10.1. The first-order chi connectivity index (χ1) is 11.3. The molecule has 0 amide bonds. The van der Waals surface area contributed by atoms with Crippen molar-refractivity contribution in [3.63, 3.8) is 0 Å². The zero-order valence-corrected chi connectivity index (χ0v) is 16.6. The third kappa shape index (κ3) is 10.2. The van der Waals surface area contributed by atoms with Gasteiger partial charge in [0.2, 0.25) is 0 Å². The molecule has 134 valence electrons. The van der Waals surface area contributed by atoms with Crippen molar-refractivity contribution in [1.29, 1.82) is 0 Å². The summed E-state index contributed by atoms with van der Waals surface area (Å²) in [5.41, 5.74) is 0. The van der Waals surface area contributed by atoms with Gasteiger partial charge >= 0.3 is 0 Å². The van der Waals surface area contributed by atoms with E-state index in [1.165, 1.54) is 93.5 Å². The second-order valence-electron chi connectivity index (χ2n) is 6.78. The maximum atomic E-state index is 5.85. The van der Waals surface area contributed by atoms with Crippen LogP contribution in [0.2, 0.25) is 0 Å². The highest BCUT2D eigenvalue weighted by molar-refractivity contribution is 7.99. The summed E-state index contributed by atoms with van der Waals surface area (Å²) in [5, 5.41) is 0. The van der Waals surface area contributed by atoms with E-state index in [4.69, 9.17) is 4.42 Å². The normalized spacial score (nSPS) is 11.3. The molecule has 23 heavy (non-hydrogen) atoms. The molecule has 2 heteroatoms. The molecular formula is C21H38OS. The molecule has 0 unspecified atom stereocenters. The number of furan rings is 1. The molecule has 0 aliphatic carbocycles. The third-order valence-electron chi connectivity index (χ3n) is 4.41. The van der Waals surface area contributed by atoms with Crippen LogP contribution >= 0.6 is 11.8 Å². The van der Waals surface area contributed by atoms with Crippen molar-refractivity contribution >= 4 is 11.8 Å². The summed E-state index contributed by atoms with van der Waals surface area (Å²) in [4.78, 5) is 1.40. The minimum absolute atomic E-state index is 1.07. The van der Waals surface area contributed by atoms with Gasteiger partial charge in [0.05, 0.1) is 0 Å². The fourth-order valence-electron chi connectivity index (χ4n) is 2.94. The molecule has 0 saturated carbocycles. The van der Waals surface area contributed by atoms with Crippen LogP contribution in [0.15, 0.2) is 15.4 Å². The SMILES string of the molecule is CCCCCCCCCCCCSc1cc(C)oc1CCCC. The van der Waals surface area contributed by atoms with Crippen LogP contribution in [-0.4, -0.2) is 5.75 Å². The molecule has 0 radical (unpaired) electrons. The Kier molecular flexibility index (Phi) is 12.6. The van der Waals surface area contributed by atoms with E-state index in [1.54, 1.807) is 0 Å². The Hall–Kier alpha value is -0.370. The Bertz CT molecular complexity index is 383. The van der Waals surface area contributed by atoms with Crippen LogP contribution in [0, 0.1) is 6.92 Å². The number of thioether (sulfide) groups is 1. The highest BCUT2D eigenvalue weighted by Crippen LogP contribution is 2.28. The van der Waals surface area contributed by atoms with E-state index >= 15 is 0 Å². The molecule has 0 aromatic carbocycles. The Morgan fingerprint density at radius 3 is 1.96 bits per heavy atom. The molecule has 1 nitrogen and oxygen atoms in total. The molecular weight excluding hydrogens is 300 g/mol. The topological polar surface area (TPSA) is 13.1 Å². The predicted molar refractivity (Wildman–Crippen MR) is 105 cm³/mol. The summed E-state index contributed by atoms with van der Waals surface area (Å²) >= 11 is 2.00. The van der Waals surface area contributed by atoms with Crippen LogP contribution < -0.4 is 0 Å². The highest BCUT2D eigenvalue weighted by atomic mass is 32.2. The van der Waals surface area contributed by atoms with Gasteiger partial charge in [0.15, 0.2) is 0 Å². The van der Waals surface area contributed by atoms with Crippen molar-refractivity contribution in [3.8, 4) is 0 Å². The highest BCUT2D eigenvalue weighted by Gasteiger charge is 2.08. The van der Waals surface area contributed by atoms with Gasteiger partial charge in [-0.3, -0.25) is 0 Å². The van der Waals surface area contributed by atoms with Gasteiger partial charge < -0.3 is 4.42 Å². The molecule has 0 atom stereocenters. The molecule has 0 aliphatic rings. The Labute approximate surface area is 149 Å². The number of aryl methyl sites for hydroxylation is 2. The van der Waals surface area contributed by atoms with Gasteiger partial charge in [-0.25, -0.2) is 0 Å². The van der Waals surface area contributed by atoms with Crippen molar-refractivity contribution in [2.75, 3.05) is 5.75 Å². The number of rotatable bonds is 15. The molecule has 0 N–H and O–H groups in total. The number of unbranched alkanes of at least 4 members (excludes halogenated alkanes) is 10. The van der Waals surface area contributed by atoms with Crippen molar-refractivity contribution in [3.05, 3.63) is 17.6 Å². The first-order valence-electron chi connectivity index (χ1n) is 10.00. The van der Waals surface area contributed by atoms with Crippen LogP contribution in [0.3, 0.4) is 0 Å². The predicted octanol–water partition coefficient (Wildman–Crippen LogP) is 7.94. The largest absolute Gasteiger partial charge is 0.465 e. The molecule has 1 aromatic heterocycles. The van der Waals surface area contributed by atoms with E-state index in [1.807, 2.05) is 11.8 Å². The molecule has 1 rings (SSSR count). The fraction of sp³-hybridized carbons (Fsp3) is 0.810. The standard InChI is InChI=1S/C21H38OS/c1-4-6-8-9-10-11-12-13-14-15-17-23-21-18-19(3)22-20(21)16-7-5-2/h18H,4-17H2,1-3H3. The lowest BCUT2D eigenvalue weighted by molar-refractivity contribution is 0.469. The van der Waals surface area contributed by atoms with E-state index < -0.39 is 0 Å². The van der Waals surface area contributed by atoms with Crippen LogP contribution in [0.5, 0.6) is 0 Å². The Morgan fingerprint density at radius 2 is 1.35 bits per heavy atom. The van der Waals surface area contributed by atoms with Crippen LogP contribution in [0.4, 0.5) is 0 Å². The van der Waals surface area contributed by atoms with Gasteiger partial charge in [-0.1, -0.05) is 78.1 Å². The summed E-state index contributed by atoms with van der Waals surface area (Å²) in [6.07, 6.45) is 17.7. The average Bonchev–Trinajstić information content (AvgIpc) is 2.90. The number of hydrogen-bond donors (Lipinski definition) is 0. The van der Waals surface area contributed by atoms with Gasteiger partial charge in [-0.15, -0.1) is 11.8 Å². The molecule has 0 spiro atoms. The van der Waals surface area contributed by atoms with Crippen LogP contribution in [0.1, 0.15) is 102 Å². The van der Waals surface area contributed by atoms with Crippen molar-refractivity contribution in [2.24, 2.45) is 0 Å². The summed E-state index contributed by atoms with van der Waals surface area (Å²) in [6.45, 7) is 6.60. The minimum atomic E-state index is 1.07. The molecule has 1 heterocycles. The molecule has 0 saturated heterocycles. The monoisotopic (exact) mass is 338 g/mol. The Morgan fingerprint density at radius 1 is 0.783 bits per heavy atom. The van der Waals surface area contributed by atoms with E-state index in [0.717, 1.165) is 12.2 Å². The molecule has 0 fully saturated rings. The molecule has 0 bridgehead atoms. The Balaban J connectivity index is 2.00. The first-order valence-corrected chi connectivity index (χ1v) is 11.0. The quantitative estimate of drug-likeness (QED) is 0.238. The lowest BCUT2D eigenvalue weighted by Gasteiger charge is -2.03. The number of hydrogen-bond acceptors (Lipinski definition) is 2. The maximum absolute atomic E-state index is 5.85. The van der Waals surface area contributed by atoms with Gasteiger partial charge in [0.1, 0.15) is 11.5 Å².